The highest BCUT2D eigenvalue weighted by Gasteiger charge is 2.14. The third-order valence-electron chi connectivity index (χ3n) is 1.76. The maximum atomic E-state index is 13.0. The average Bonchev–Trinajstić information content (AvgIpc) is 2.11. The number of aliphatic carboxylic acids is 1. The topological polar surface area (TPSA) is 63.3 Å². The summed E-state index contributed by atoms with van der Waals surface area (Å²) in [7, 11) is 0. The van der Waals surface area contributed by atoms with Gasteiger partial charge in [-0.05, 0) is 23.8 Å². The van der Waals surface area contributed by atoms with E-state index >= 15 is 0 Å². The van der Waals surface area contributed by atoms with Gasteiger partial charge in [-0.15, -0.1) is 0 Å². The average molecular weight is 201 g/mol. The highest BCUT2D eigenvalue weighted by molar-refractivity contribution is 5.73. The summed E-state index contributed by atoms with van der Waals surface area (Å²) in [5.74, 6) is -2.50. The summed E-state index contributed by atoms with van der Waals surface area (Å²) in [4.78, 5) is 10.4. The Morgan fingerprint density at radius 3 is 2.71 bits per heavy atom. The van der Waals surface area contributed by atoms with Crippen molar-refractivity contribution in [3.63, 3.8) is 0 Å². The molecule has 1 aromatic carbocycles. The van der Waals surface area contributed by atoms with Crippen molar-refractivity contribution in [3.8, 4) is 0 Å². The number of benzene rings is 1. The Balaban J connectivity index is 2.85. The number of carboxylic acid groups (broad SMARTS) is 1. The van der Waals surface area contributed by atoms with Crippen molar-refractivity contribution in [1.82, 2.24) is 0 Å². The first kappa shape index (κ1) is 10.6. The molecule has 0 fully saturated rings. The Morgan fingerprint density at radius 2 is 2.14 bits per heavy atom. The summed E-state index contributed by atoms with van der Waals surface area (Å²) in [5.41, 5.74) is 5.15. The molecule has 0 saturated carbocycles. The third kappa shape index (κ3) is 2.50. The summed E-state index contributed by atoms with van der Waals surface area (Å²) in [5, 5.41) is 8.46. The van der Waals surface area contributed by atoms with E-state index in [1.165, 1.54) is 0 Å². The minimum atomic E-state index is -1.24. The van der Waals surface area contributed by atoms with Gasteiger partial charge in [0.15, 0.2) is 0 Å². The van der Waals surface area contributed by atoms with E-state index in [1.807, 2.05) is 0 Å². The van der Waals surface area contributed by atoms with Crippen molar-refractivity contribution in [3.05, 3.63) is 35.4 Å². The molecule has 0 aliphatic carbocycles. The van der Waals surface area contributed by atoms with Crippen LogP contribution in [0.1, 0.15) is 5.56 Å². The van der Waals surface area contributed by atoms with Gasteiger partial charge < -0.3 is 10.8 Å². The van der Waals surface area contributed by atoms with Crippen molar-refractivity contribution >= 4 is 5.97 Å². The molecule has 5 heteroatoms. The van der Waals surface area contributed by atoms with Crippen LogP contribution in [-0.4, -0.2) is 17.1 Å². The summed E-state index contributed by atoms with van der Waals surface area (Å²) in [6.07, 6.45) is -0.223. The van der Waals surface area contributed by atoms with Gasteiger partial charge >= 0.3 is 5.97 Å². The quantitative estimate of drug-likeness (QED) is 0.764. The summed E-state index contributed by atoms with van der Waals surface area (Å²) >= 11 is 0. The molecule has 1 atom stereocenters. The van der Waals surface area contributed by atoms with E-state index < -0.39 is 23.6 Å². The number of carboxylic acids is 1. The summed E-state index contributed by atoms with van der Waals surface area (Å²) in [6.45, 7) is 0. The van der Waals surface area contributed by atoms with Gasteiger partial charge in [0.25, 0.3) is 0 Å². The van der Waals surface area contributed by atoms with Crippen molar-refractivity contribution in [2.75, 3.05) is 0 Å². The first-order valence-electron chi connectivity index (χ1n) is 3.93. The van der Waals surface area contributed by atoms with Crippen LogP contribution in [0.5, 0.6) is 0 Å². The predicted octanol–water partition coefficient (Wildman–Crippen LogP) is 0.919. The lowest BCUT2D eigenvalue weighted by Gasteiger charge is -2.07. The van der Waals surface area contributed by atoms with Crippen molar-refractivity contribution in [2.45, 2.75) is 12.5 Å². The molecule has 1 rings (SSSR count). The van der Waals surface area contributed by atoms with Crippen LogP contribution >= 0.6 is 0 Å². The molecule has 0 radical (unpaired) electrons. The zero-order valence-corrected chi connectivity index (χ0v) is 7.21. The van der Waals surface area contributed by atoms with Crippen molar-refractivity contribution in [2.24, 2.45) is 5.73 Å². The molecular weight excluding hydrogens is 192 g/mol. The zero-order chi connectivity index (χ0) is 10.7. The van der Waals surface area contributed by atoms with E-state index in [1.54, 1.807) is 0 Å². The van der Waals surface area contributed by atoms with Gasteiger partial charge in [-0.2, -0.15) is 0 Å². The second-order valence-corrected chi connectivity index (χ2v) is 2.88. The molecule has 0 saturated heterocycles. The lowest BCUT2D eigenvalue weighted by atomic mass is 10.1. The van der Waals surface area contributed by atoms with Crippen molar-refractivity contribution in [1.29, 1.82) is 0 Å². The molecule has 3 nitrogen and oxygen atoms in total. The van der Waals surface area contributed by atoms with Gasteiger partial charge in [0.1, 0.15) is 17.7 Å². The molecule has 1 aromatic rings. The molecule has 0 amide bonds. The molecule has 0 aliphatic heterocycles. The fourth-order valence-corrected chi connectivity index (χ4v) is 1.02. The molecule has 0 bridgehead atoms. The minimum Gasteiger partial charge on any atom is -0.480 e. The van der Waals surface area contributed by atoms with Gasteiger partial charge in [-0.1, -0.05) is 0 Å². The van der Waals surface area contributed by atoms with E-state index in [2.05, 4.69) is 0 Å². The monoisotopic (exact) mass is 201 g/mol. The molecule has 1 unspecified atom stereocenters. The molecular formula is C9H9F2NO2. The standard InChI is InChI=1S/C9H9F2NO2/c10-6-1-2-7(11)5(3-6)4-8(12)9(13)14/h1-3,8H,4,12H2,(H,13,14). The fourth-order valence-electron chi connectivity index (χ4n) is 1.02. The fraction of sp³-hybridized carbons (Fsp3) is 0.222. The van der Waals surface area contributed by atoms with Gasteiger partial charge in [0.2, 0.25) is 0 Å². The first-order valence-corrected chi connectivity index (χ1v) is 3.93. The number of nitrogens with two attached hydrogens (primary N) is 1. The Bertz CT molecular complexity index is 355. The Hall–Kier alpha value is -1.49. The Labute approximate surface area is 79.2 Å². The highest BCUT2D eigenvalue weighted by atomic mass is 19.1. The van der Waals surface area contributed by atoms with E-state index in [9.17, 15) is 13.6 Å². The SMILES string of the molecule is NC(Cc1cc(F)ccc1F)C(=O)O. The van der Waals surface area contributed by atoms with Crippen LogP contribution in [0.15, 0.2) is 18.2 Å². The summed E-state index contributed by atoms with van der Waals surface area (Å²) in [6, 6.07) is 1.63. The maximum absolute atomic E-state index is 13.0. The van der Waals surface area contributed by atoms with Crippen molar-refractivity contribution < 1.29 is 18.7 Å². The van der Waals surface area contributed by atoms with Crippen LogP contribution in [-0.2, 0) is 11.2 Å². The van der Waals surface area contributed by atoms with Crippen LogP contribution < -0.4 is 5.73 Å². The van der Waals surface area contributed by atoms with Gasteiger partial charge in [-0.3, -0.25) is 4.79 Å². The Morgan fingerprint density at radius 1 is 1.50 bits per heavy atom. The van der Waals surface area contributed by atoms with E-state index in [4.69, 9.17) is 10.8 Å². The van der Waals surface area contributed by atoms with Gasteiger partial charge in [-0.25, -0.2) is 8.78 Å². The molecule has 0 aromatic heterocycles. The normalized spacial score (nSPS) is 12.5. The lowest BCUT2D eigenvalue weighted by Crippen LogP contribution is -2.32. The number of hydrogen-bond donors (Lipinski definition) is 2. The molecule has 3 N–H and O–H groups in total. The van der Waals surface area contributed by atoms with Crippen LogP contribution in [0.2, 0.25) is 0 Å². The molecule has 14 heavy (non-hydrogen) atoms. The van der Waals surface area contributed by atoms with Crippen LogP contribution in [0, 0.1) is 11.6 Å². The number of rotatable bonds is 3. The second-order valence-electron chi connectivity index (χ2n) is 2.88. The summed E-state index contributed by atoms with van der Waals surface area (Å²) < 4.78 is 25.6. The Kier molecular flexibility index (Phi) is 3.14. The number of halogens is 2. The van der Waals surface area contributed by atoms with Gasteiger partial charge in [0.05, 0.1) is 0 Å². The lowest BCUT2D eigenvalue weighted by molar-refractivity contribution is -0.138. The van der Waals surface area contributed by atoms with E-state index in [0.29, 0.717) is 0 Å². The van der Waals surface area contributed by atoms with Crippen LogP contribution in [0.4, 0.5) is 8.78 Å². The smallest absolute Gasteiger partial charge is 0.320 e. The molecule has 0 heterocycles. The molecule has 0 spiro atoms. The molecule has 0 aliphatic rings. The zero-order valence-electron chi connectivity index (χ0n) is 7.21. The largest absolute Gasteiger partial charge is 0.480 e. The maximum Gasteiger partial charge on any atom is 0.320 e. The minimum absolute atomic E-state index is 0.0279. The van der Waals surface area contributed by atoms with Crippen LogP contribution in [0.25, 0.3) is 0 Å². The highest BCUT2D eigenvalue weighted by Crippen LogP contribution is 2.11. The first-order chi connectivity index (χ1) is 6.50. The second kappa shape index (κ2) is 4.15. The molecule has 76 valence electrons. The van der Waals surface area contributed by atoms with E-state index in [-0.39, 0.29) is 12.0 Å². The van der Waals surface area contributed by atoms with E-state index in [0.717, 1.165) is 18.2 Å². The number of carbonyl (C=O) groups is 1. The third-order valence-corrected chi connectivity index (χ3v) is 1.76. The number of hydrogen-bond acceptors (Lipinski definition) is 2. The van der Waals surface area contributed by atoms with Gasteiger partial charge in [0, 0.05) is 6.42 Å². The van der Waals surface area contributed by atoms with Crippen LogP contribution in [0.3, 0.4) is 0 Å². The predicted molar refractivity (Wildman–Crippen MR) is 45.7 cm³/mol.